The number of hydrogen-bond donors (Lipinski definition) is 2. The Labute approximate surface area is 80.1 Å². The molecule has 0 spiro atoms. The fourth-order valence-electron chi connectivity index (χ4n) is 1.42. The molecule has 74 valence electrons. The van der Waals surface area contributed by atoms with E-state index in [2.05, 4.69) is 36.3 Å². The van der Waals surface area contributed by atoms with E-state index in [0.29, 0.717) is 18.0 Å². The number of aliphatic imine (C=N–C) groups is 1. The second-order valence-electron chi connectivity index (χ2n) is 3.75. The van der Waals surface area contributed by atoms with Crippen molar-refractivity contribution in [2.75, 3.05) is 0 Å². The van der Waals surface area contributed by atoms with Gasteiger partial charge in [-0.3, -0.25) is 0 Å². The van der Waals surface area contributed by atoms with Crippen LogP contribution < -0.4 is 11.1 Å². The monoisotopic (exact) mass is 181 g/mol. The van der Waals surface area contributed by atoms with E-state index in [1.165, 1.54) is 0 Å². The lowest BCUT2D eigenvalue weighted by atomic mass is 10.0. The first-order valence-corrected chi connectivity index (χ1v) is 4.93. The van der Waals surface area contributed by atoms with Gasteiger partial charge in [0, 0.05) is 6.04 Å². The smallest absolute Gasteiger partial charge is 0.189 e. The van der Waals surface area contributed by atoms with Gasteiger partial charge in [-0.05, 0) is 33.1 Å². The summed E-state index contributed by atoms with van der Waals surface area (Å²) in [4.78, 5) is 4.41. The lowest BCUT2D eigenvalue weighted by Crippen LogP contribution is -2.37. The van der Waals surface area contributed by atoms with E-state index in [1.807, 2.05) is 0 Å². The van der Waals surface area contributed by atoms with Gasteiger partial charge in [0.15, 0.2) is 5.96 Å². The van der Waals surface area contributed by atoms with Crippen LogP contribution in [0.4, 0.5) is 0 Å². The van der Waals surface area contributed by atoms with Crippen LogP contribution in [0, 0.1) is 0 Å². The lowest BCUT2D eigenvalue weighted by Gasteiger charge is -2.15. The Morgan fingerprint density at radius 3 is 2.85 bits per heavy atom. The molecule has 1 atom stereocenters. The first-order chi connectivity index (χ1) is 6.18. The highest BCUT2D eigenvalue weighted by molar-refractivity contribution is 5.78. The zero-order valence-electron chi connectivity index (χ0n) is 8.46. The van der Waals surface area contributed by atoms with Crippen molar-refractivity contribution in [1.29, 1.82) is 0 Å². The molecule has 3 N–H and O–H groups in total. The molecule has 0 aromatic carbocycles. The maximum atomic E-state index is 5.72. The highest BCUT2D eigenvalue weighted by Gasteiger charge is 2.08. The van der Waals surface area contributed by atoms with E-state index >= 15 is 0 Å². The van der Waals surface area contributed by atoms with Gasteiger partial charge in [-0.1, -0.05) is 12.2 Å². The van der Waals surface area contributed by atoms with E-state index in [1.54, 1.807) is 0 Å². The summed E-state index contributed by atoms with van der Waals surface area (Å²) in [5, 5.41) is 3.09. The lowest BCUT2D eigenvalue weighted by molar-refractivity contribution is 0.600. The van der Waals surface area contributed by atoms with Crippen LogP contribution in [0.5, 0.6) is 0 Å². The van der Waals surface area contributed by atoms with Gasteiger partial charge in [0.1, 0.15) is 0 Å². The zero-order valence-corrected chi connectivity index (χ0v) is 8.46. The van der Waals surface area contributed by atoms with Crippen molar-refractivity contribution in [2.45, 2.75) is 45.2 Å². The summed E-state index contributed by atoms with van der Waals surface area (Å²) in [7, 11) is 0. The molecule has 0 aromatic heterocycles. The molecule has 0 saturated carbocycles. The van der Waals surface area contributed by atoms with Crippen molar-refractivity contribution in [2.24, 2.45) is 10.7 Å². The molecule has 0 aromatic rings. The zero-order chi connectivity index (χ0) is 9.68. The Morgan fingerprint density at radius 2 is 2.31 bits per heavy atom. The molecule has 0 aliphatic heterocycles. The second-order valence-corrected chi connectivity index (χ2v) is 3.75. The third-order valence-electron chi connectivity index (χ3n) is 2.00. The summed E-state index contributed by atoms with van der Waals surface area (Å²) < 4.78 is 0. The summed E-state index contributed by atoms with van der Waals surface area (Å²) in [6, 6.07) is 0.749. The summed E-state index contributed by atoms with van der Waals surface area (Å²) in [6.07, 6.45) is 7.67. The topological polar surface area (TPSA) is 50.4 Å². The minimum absolute atomic E-state index is 0.364. The van der Waals surface area contributed by atoms with Gasteiger partial charge < -0.3 is 11.1 Å². The van der Waals surface area contributed by atoms with Crippen LogP contribution >= 0.6 is 0 Å². The first kappa shape index (κ1) is 10.1. The van der Waals surface area contributed by atoms with Crippen molar-refractivity contribution in [1.82, 2.24) is 5.32 Å². The SMILES string of the molecule is CC(C)NC(N)=NC1CC=CCC1. The minimum Gasteiger partial charge on any atom is -0.370 e. The number of rotatable bonds is 2. The highest BCUT2D eigenvalue weighted by atomic mass is 15.1. The maximum absolute atomic E-state index is 5.72. The Kier molecular flexibility index (Phi) is 3.80. The summed E-state index contributed by atoms with van der Waals surface area (Å²) in [6.45, 7) is 4.12. The first-order valence-electron chi connectivity index (χ1n) is 4.93. The molecule has 1 rings (SSSR count). The molecule has 1 aliphatic rings. The maximum Gasteiger partial charge on any atom is 0.189 e. The number of allylic oxidation sites excluding steroid dienone is 1. The number of nitrogens with one attached hydrogen (secondary N) is 1. The molecule has 1 aliphatic carbocycles. The van der Waals surface area contributed by atoms with Crippen LogP contribution in [-0.4, -0.2) is 18.0 Å². The van der Waals surface area contributed by atoms with Crippen molar-refractivity contribution in [3.63, 3.8) is 0 Å². The Bertz CT molecular complexity index is 206. The van der Waals surface area contributed by atoms with Crippen LogP contribution in [0.3, 0.4) is 0 Å². The fourth-order valence-corrected chi connectivity index (χ4v) is 1.42. The van der Waals surface area contributed by atoms with Gasteiger partial charge in [-0.2, -0.15) is 0 Å². The van der Waals surface area contributed by atoms with Gasteiger partial charge in [-0.25, -0.2) is 4.99 Å². The molecule has 0 radical (unpaired) electrons. The Hall–Kier alpha value is -0.990. The van der Waals surface area contributed by atoms with Crippen LogP contribution in [0.1, 0.15) is 33.1 Å². The third kappa shape index (κ3) is 3.97. The number of guanidine groups is 1. The Morgan fingerprint density at radius 1 is 1.54 bits per heavy atom. The van der Waals surface area contributed by atoms with Crippen LogP contribution in [0.2, 0.25) is 0 Å². The van der Waals surface area contributed by atoms with Crippen molar-refractivity contribution >= 4 is 5.96 Å². The van der Waals surface area contributed by atoms with Crippen molar-refractivity contribution in [3.8, 4) is 0 Å². The van der Waals surface area contributed by atoms with E-state index in [4.69, 9.17) is 5.73 Å². The number of nitrogens with two attached hydrogens (primary N) is 1. The highest BCUT2D eigenvalue weighted by Crippen LogP contribution is 2.13. The minimum atomic E-state index is 0.364. The van der Waals surface area contributed by atoms with Crippen molar-refractivity contribution in [3.05, 3.63) is 12.2 Å². The number of hydrogen-bond acceptors (Lipinski definition) is 1. The van der Waals surface area contributed by atoms with Crippen LogP contribution in [-0.2, 0) is 0 Å². The fraction of sp³-hybridized carbons (Fsp3) is 0.700. The van der Waals surface area contributed by atoms with Gasteiger partial charge in [0.25, 0.3) is 0 Å². The third-order valence-corrected chi connectivity index (χ3v) is 2.00. The van der Waals surface area contributed by atoms with Gasteiger partial charge in [0.05, 0.1) is 6.04 Å². The average Bonchev–Trinajstić information content (AvgIpc) is 2.04. The molecule has 0 amide bonds. The predicted molar refractivity (Wildman–Crippen MR) is 56.7 cm³/mol. The van der Waals surface area contributed by atoms with Crippen LogP contribution in [0.25, 0.3) is 0 Å². The molecule has 0 bridgehead atoms. The molecule has 0 heterocycles. The second kappa shape index (κ2) is 4.90. The number of nitrogens with zero attached hydrogens (tertiary/aromatic N) is 1. The van der Waals surface area contributed by atoms with Gasteiger partial charge in [-0.15, -0.1) is 0 Å². The predicted octanol–water partition coefficient (Wildman–Crippen LogP) is 1.41. The molecular weight excluding hydrogens is 162 g/mol. The molecule has 1 unspecified atom stereocenters. The average molecular weight is 181 g/mol. The quantitative estimate of drug-likeness (QED) is 0.384. The molecule has 3 heteroatoms. The summed E-state index contributed by atoms with van der Waals surface area (Å²) in [5.74, 6) is 0.579. The standard InChI is InChI=1S/C10H19N3/c1-8(2)12-10(11)13-9-6-4-3-5-7-9/h3-4,8-9H,5-7H2,1-2H3,(H3,11,12,13). The van der Waals surface area contributed by atoms with E-state index in [-0.39, 0.29) is 0 Å². The van der Waals surface area contributed by atoms with Crippen LogP contribution in [0.15, 0.2) is 17.1 Å². The Balaban J connectivity index is 2.39. The largest absolute Gasteiger partial charge is 0.370 e. The summed E-state index contributed by atoms with van der Waals surface area (Å²) in [5.41, 5.74) is 5.72. The summed E-state index contributed by atoms with van der Waals surface area (Å²) >= 11 is 0. The van der Waals surface area contributed by atoms with Gasteiger partial charge >= 0.3 is 0 Å². The van der Waals surface area contributed by atoms with E-state index in [9.17, 15) is 0 Å². The van der Waals surface area contributed by atoms with E-state index < -0.39 is 0 Å². The normalized spacial score (nSPS) is 23.6. The molecule has 3 nitrogen and oxygen atoms in total. The van der Waals surface area contributed by atoms with Gasteiger partial charge in [0.2, 0.25) is 0 Å². The molecule has 13 heavy (non-hydrogen) atoms. The van der Waals surface area contributed by atoms with Crippen molar-refractivity contribution < 1.29 is 0 Å². The molecule has 0 fully saturated rings. The molecule has 0 saturated heterocycles. The van der Waals surface area contributed by atoms with E-state index in [0.717, 1.165) is 19.3 Å². The molecular formula is C10H19N3.